The second-order valence-corrected chi connectivity index (χ2v) is 4.52. The molecule has 3 heteroatoms. The highest BCUT2D eigenvalue weighted by atomic mass is 15.1. The number of hydrogen-bond donors (Lipinski definition) is 1. The SMILES string of the molecule is Cn1c(C2CCCCN2)nc2ccccc21. The van der Waals surface area contributed by atoms with Crippen molar-refractivity contribution in [3.05, 3.63) is 30.1 Å². The maximum absolute atomic E-state index is 4.74. The summed E-state index contributed by atoms with van der Waals surface area (Å²) in [5.41, 5.74) is 2.33. The van der Waals surface area contributed by atoms with Crippen LogP contribution in [0, 0.1) is 0 Å². The van der Waals surface area contributed by atoms with E-state index in [-0.39, 0.29) is 0 Å². The fraction of sp³-hybridized carbons (Fsp3) is 0.462. The van der Waals surface area contributed by atoms with Crippen LogP contribution in [0.3, 0.4) is 0 Å². The highest BCUT2D eigenvalue weighted by Crippen LogP contribution is 2.25. The molecule has 1 unspecified atom stereocenters. The third-order valence-electron chi connectivity index (χ3n) is 3.44. The molecule has 0 radical (unpaired) electrons. The van der Waals surface area contributed by atoms with Gasteiger partial charge in [0.2, 0.25) is 0 Å². The summed E-state index contributed by atoms with van der Waals surface area (Å²) in [6.45, 7) is 1.12. The van der Waals surface area contributed by atoms with Gasteiger partial charge in [-0.25, -0.2) is 4.98 Å². The Kier molecular flexibility index (Phi) is 2.40. The van der Waals surface area contributed by atoms with Crippen molar-refractivity contribution in [3.8, 4) is 0 Å². The summed E-state index contributed by atoms with van der Waals surface area (Å²) >= 11 is 0. The smallest absolute Gasteiger partial charge is 0.126 e. The first-order valence-electron chi connectivity index (χ1n) is 6.01. The van der Waals surface area contributed by atoms with Gasteiger partial charge in [-0.05, 0) is 31.5 Å². The predicted octanol–water partition coefficient (Wildman–Crippen LogP) is 2.39. The van der Waals surface area contributed by atoms with Crippen molar-refractivity contribution in [1.82, 2.24) is 14.9 Å². The number of nitrogens with one attached hydrogen (secondary N) is 1. The molecule has 1 aliphatic rings. The topological polar surface area (TPSA) is 29.9 Å². The zero-order valence-corrected chi connectivity index (χ0v) is 9.61. The lowest BCUT2D eigenvalue weighted by Crippen LogP contribution is -2.28. The summed E-state index contributed by atoms with van der Waals surface area (Å²) in [6, 6.07) is 8.78. The highest BCUT2D eigenvalue weighted by molar-refractivity contribution is 5.75. The Labute approximate surface area is 95.5 Å². The van der Waals surface area contributed by atoms with Crippen LogP contribution in [0.15, 0.2) is 24.3 Å². The molecule has 84 valence electrons. The molecule has 1 N–H and O–H groups in total. The summed E-state index contributed by atoms with van der Waals surface area (Å²) in [4.78, 5) is 4.74. The third-order valence-corrected chi connectivity index (χ3v) is 3.44. The van der Waals surface area contributed by atoms with Gasteiger partial charge in [-0.1, -0.05) is 18.6 Å². The number of aryl methyl sites for hydroxylation is 1. The predicted molar refractivity (Wildman–Crippen MR) is 65.3 cm³/mol. The molecule has 2 heterocycles. The van der Waals surface area contributed by atoms with Gasteiger partial charge in [0, 0.05) is 7.05 Å². The molecule has 16 heavy (non-hydrogen) atoms. The lowest BCUT2D eigenvalue weighted by molar-refractivity contribution is 0.392. The largest absolute Gasteiger partial charge is 0.330 e. The Morgan fingerprint density at radius 3 is 2.94 bits per heavy atom. The van der Waals surface area contributed by atoms with Crippen LogP contribution in [0.5, 0.6) is 0 Å². The molecule has 1 aromatic heterocycles. The van der Waals surface area contributed by atoms with E-state index in [1.807, 2.05) is 6.07 Å². The average Bonchev–Trinajstić information content (AvgIpc) is 2.69. The van der Waals surface area contributed by atoms with Crippen LogP contribution < -0.4 is 5.32 Å². The van der Waals surface area contributed by atoms with E-state index in [4.69, 9.17) is 4.98 Å². The molecular weight excluding hydrogens is 198 g/mol. The number of fused-ring (bicyclic) bond motifs is 1. The summed E-state index contributed by atoms with van der Waals surface area (Å²) in [5.74, 6) is 1.18. The van der Waals surface area contributed by atoms with Crippen LogP contribution in [0.2, 0.25) is 0 Å². The van der Waals surface area contributed by atoms with E-state index in [0.717, 1.165) is 12.1 Å². The molecule has 1 atom stereocenters. The van der Waals surface area contributed by atoms with E-state index in [2.05, 4.69) is 35.1 Å². The van der Waals surface area contributed by atoms with E-state index in [0.29, 0.717) is 6.04 Å². The summed E-state index contributed by atoms with van der Waals surface area (Å²) < 4.78 is 2.22. The normalized spacial score (nSPS) is 21.4. The zero-order valence-electron chi connectivity index (χ0n) is 9.61. The van der Waals surface area contributed by atoms with Crippen molar-refractivity contribution in [1.29, 1.82) is 0 Å². The van der Waals surface area contributed by atoms with Crippen LogP contribution in [0.1, 0.15) is 31.1 Å². The van der Waals surface area contributed by atoms with E-state index < -0.39 is 0 Å². The minimum Gasteiger partial charge on any atom is -0.330 e. The van der Waals surface area contributed by atoms with Gasteiger partial charge in [-0.3, -0.25) is 0 Å². The number of para-hydroxylation sites is 2. The van der Waals surface area contributed by atoms with Gasteiger partial charge in [-0.2, -0.15) is 0 Å². The number of nitrogens with zero attached hydrogens (tertiary/aromatic N) is 2. The van der Waals surface area contributed by atoms with Crippen molar-refractivity contribution in [2.45, 2.75) is 25.3 Å². The summed E-state index contributed by atoms with van der Waals surface area (Å²) in [7, 11) is 2.11. The van der Waals surface area contributed by atoms with Crippen LogP contribution >= 0.6 is 0 Å². The number of piperidine rings is 1. The number of hydrogen-bond acceptors (Lipinski definition) is 2. The molecule has 2 aromatic rings. The molecule has 1 fully saturated rings. The van der Waals surface area contributed by atoms with Gasteiger partial charge >= 0.3 is 0 Å². The summed E-state index contributed by atoms with van der Waals surface area (Å²) in [6.07, 6.45) is 3.80. The number of imidazole rings is 1. The second-order valence-electron chi connectivity index (χ2n) is 4.52. The van der Waals surface area contributed by atoms with E-state index in [1.165, 1.54) is 30.6 Å². The zero-order chi connectivity index (χ0) is 11.0. The Bertz CT molecular complexity index is 495. The molecule has 0 bridgehead atoms. The maximum atomic E-state index is 4.74. The van der Waals surface area contributed by atoms with Crippen molar-refractivity contribution in [3.63, 3.8) is 0 Å². The van der Waals surface area contributed by atoms with Gasteiger partial charge in [0.25, 0.3) is 0 Å². The van der Waals surface area contributed by atoms with Crippen molar-refractivity contribution in [2.75, 3.05) is 6.54 Å². The Balaban J connectivity index is 2.05. The van der Waals surface area contributed by atoms with Crippen LogP contribution in [-0.4, -0.2) is 16.1 Å². The average molecular weight is 215 g/mol. The Morgan fingerprint density at radius 1 is 1.31 bits per heavy atom. The first-order chi connectivity index (χ1) is 7.86. The summed E-state index contributed by atoms with van der Waals surface area (Å²) in [5, 5.41) is 3.55. The number of rotatable bonds is 1. The molecule has 1 saturated heterocycles. The highest BCUT2D eigenvalue weighted by Gasteiger charge is 2.20. The standard InChI is InChI=1S/C13H17N3/c1-16-12-8-3-2-6-10(12)15-13(16)11-7-4-5-9-14-11/h2-3,6,8,11,14H,4-5,7,9H2,1H3. The molecule has 0 spiro atoms. The van der Waals surface area contributed by atoms with Gasteiger partial charge in [0.1, 0.15) is 5.82 Å². The Morgan fingerprint density at radius 2 is 2.19 bits per heavy atom. The van der Waals surface area contributed by atoms with Crippen molar-refractivity contribution in [2.24, 2.45) is 7.05 Å². The van der Waals surface area contributed by atoms with Crippen LogP contribution in [0.4, 0.5) is 0 Å². The molecule has 1 aromatic carbocycles. The molecular formula is C13H17N3. The number of aromatic nitrogens is 2. The first-order valence-corrected chi connectivity index (χ1v) is 6.01. The van der Waals surface area contributed by atoms with Crippen LogP contribution in [-0.2, 0) is 7.05 Å². The van der Waals surface area contributed by atoms with E-state index >= 15 is 0 Å². The molecule has 3 rings (SSSR count). The fourth-order valence-corrected chi connectivity index (χ4v) is 2.55. The third kappa shape index (κ3) is 1.52. The molecule has 3 nitrogen and oxygen atoms in total. The van der Waals surface area contributed by atoms with Gasteiger partial charge in [-0.15, -0.1) is 0 Å². The number of benzene rings is 1. The minimum atomic E-state index is 0.436. The van der Waals surface area contributed by atoms with Crippen molar-refractivity contribution < 1.29 is 0 Å². The lowest BCUT2D eigenvalue weighted by atomic mass is 10.0. The molecule has 0 amide bonds. The van der Waals surface area contributed by atoms with Crippen LogP contribution in [0.25, 0.3) is 11.0 Å². The van der Waals surface area contributed by atoms with Gasteiger partial charge in [0.15, 0.2) is 0 Å². The molecule has 1 aliphatic heterocycles. The fourth-order valence-electron chi connectivity index (χ4n) is 2.55. The first kappa shape index (κ1) is 9.85. The van der Waals surface area contributed by atoms with Gasteiger partial charge < -0.3 is 9.88 Å². The molecule has 0 saturated carbocycles. The van der Waals surface area contributed by atoms with E-state index in [1.54, 1.807) is 0 Å². The maximum Gasteiger partial charge on any atom is 0.126 e. The Hall–Kier alpha value is -1.35. The van der Waals surface area contributed by atoms with Crippen molar-refractivity contribution >= 4 is 11.0 Å². The minimum absolute atomic E-state index is 0.436. The second kappa shape index (κ2) is 3.91. The lowest BCUT2D eigenvalue weighted by Gasteiger charge is -2.22. The van der Waals surface area contributed by atoms with E-state index in [9.17, 15) is 0 Å². The van der Waals surface area contributed by atoms with Gasteiger partial charge in [0.05, 0.1) is 17.1 Å². The molecule has 0 aliphatic carbocycles. The monoisotopic (exact) mass is 215 g/mol. The quantitative estimate of drug-likeness (QED) is 0.791.